The maximum Gasteiger partial charge on any atom is 0.327 e. The van der Waals surface area contributed by atoms with E-state index in [0.717, 1.165) is 11.8 Å². The molecule has 4 nitrogen and oxygen atoms in total. The molecule has 0 heterocycles. The van der Waals surface area contributed by atoms with Gasteiger partial charge >= 0.3 is 5.97 Å². The van der Waals surface area contributed by atoms with Gasteiger partial charge in [-0.2, -0.15) is 0 Å². The summed E-state index contributed by atoms with van der Waals surface area (Å²) in [5.74, 6) is -1.93. The van der Waals surface area contributed by atoms with Crippen LogP contribution < -0.4 is 5.32 Å². The number of carbonyl (C=O) groups excluding carboxylic acids is 1. The lowest BCUT2D eigenvalue weighted by atomic mass is 10.3. The Labute approximate surface area is 105 Å². The van der Waals surface area contributed by atoms with Gasteiger partial charge in [-0.3, -0.25) is 4.79 Å². The molecule has 1 rings (SSSR count). The minimum atomic E-state index is -1.26. The SMILES string of the molecule is [2H]c1c([2H])c([2H])c(SCC(NC(C)=O)C(=O)O)c([2H])c1[2H]. The molecule has 0 aromatic heterocycles. The molecule has 1 aromatic carbocycles. The molecule has 0 aliphatic rings. The molecule has 1 unspecified atom stereocenters. The third-order valence-electron chi connectivity index (χ3n) is 1.55. The average Bonchev–Trinajstić information content (AvgIpc) is 2.41. The lowest BCUT2D eigenvalue weighted by Gasteiger charge is -2.12. The maximum absolute atomic E-state index is 11.0. The van der Waals surface area contributed by atoms with Gasteiger partial charge in [0, 0.05) is 17.6 Å². The fraction of sp³-hybridized carbons (Fsp3) is 0.273. The standard InChI is InChI=1S/C11H13NO3S/c1-8(13)12-10(11(14)15)7-16-9-5-3-2-4-6-9/h2-6,10H,7H2,1H3,(H,12,13)(H,14,15)/i2D,3D,4D,5D,6D. The molecule has 0 radical (unpaired) electrons. The monoisotopic (exact) mass is 244 g/mol. The van der Waals surface area contributed by atoms with E-state index in [1.807, 2.05) is 0 Å². The van der Waals surface area contributed by atoms with Crippen molar-refractivity contribution >= 4 is 23.6 Å². The summed E-state index contributed by atoms with van der Waals surface area (Å²) in [7, 11) is 0. The van der Waals surface area contributed by atoms with E-state index < -0.39 is 48.1 Å². The van der Waals surface area contributed by atoms with Gasteiger partial charge in [-0.05, 0) is 12.1 Å². The highest BCUT2D eigenvalue weighted by Crippen LogP contribution is 2.17. The molecule has 0 spiro atoms. The van der Waals surface area contributed by atoms with E-state index in [1.54, 1.807) is 0 Å². The Balaban J connectivity index is 3.03. The van der Waals surface area contributed by atoms with Crippen LogP contribution >= 0.6 is 11.8 Å². The van der Waals surface area contributed by atoms with Crippen LogP contribution in [0.4, 0.5) is 0 Å². The summed E-state index contributed by atoms with van der Waals surface area (Å²) in [6, 6.07) is -3.46. The molecule has 0 saturated carbocycles. The van der Waals surface area contributed by atoms with Crippen LogP contribution in [0.15, 0.2) is 35.1 Å². The van der Waals surface area contributed by atoms with Gasteiger partial charge in [0.1, 0.15) is 6.04 Å². The smallest absolute Gasteiger partial charge is 0.327 e. The summed E-state index contributed by atoms with van der Waals surface area (Å²) in [5, 5.41) is 11.2. The van der Waals surface area contributed by atoms with Gasteiger partial charge in [-0.25, -0.2) is 4.79 Å². The van der Waals surface area contributed by atoms with Gasteiger partial charge in [0.05, 0.1) is 6.85 Å². The van der Waals surface area contributed by atoms with Crippen molar-refractivity contribution in [3.05, 3.63) is 30.2 Å². The third kappa shape index (κ3) is 4.35. The Kier molecular flexibility index (Phi) is 2.68. The second-order valence-corrected chi connectivity index (χ2v) is 3.89. The van der Waals surface area contributed by atoms with E-state index in [9.17, 15) is 9.59 Å². The first-order valence-electron chi connectivity index (χ1n) is 6.86. The zero-order valence-electron chi connectivity index (χ0n) is 13.5. The molecular formula is C11H13NO3S. The van der Waals surface area contributed by atoms with Crippen LogP contribution in [0.2, 0.25) is 0 Å². The van der Waals surface area contributed by atoms with Crippen LogP contribution in [0, 0.1) is 0 Å². The van der Waals surface area contributed by atoms with Gasteiger partial charge in [-0.1, -0.05) is 18.1 Å². The van der Waals surface area contributed by atoms with E-state index in [1.165, 1.54) is 6.92 Å². The molecule has 5 heteroatoms. The van der Waals surface area contributed by atoms with Crippen LogP contribution in [0.25, 0.3) is 0 Å². The topological polar surface area (TPSA) is 66.4 Å². The summed E-state index contributed by atoms with van der Waals surface area (Å²) in [6.07, 6.45) is 0. The van der Waals surface area contributed by atoms with Gasteiger partial charge in [0.25, 0.3) is 0 Å². The number of thioether (sulfide) groups is 1. The Morgan fingerprint density at radius 3 is 2.62 bits per heavy atom. The normalized spacial score (nSPS) is 16.2. The maximum atomic E-state index is 11.0. The summed E-state index contributed by atoms with van der Waals surface area (Å²) in [4.78, 5) is 21.9. The van der Waals surface area contributed by atoms with Crippen LogP contribution in [-0.2, 0) is 9.59 Å². The van der Waals surface area contributed by atoms with Crippen molar-refractivity contribution in [1.29, 1.82) is 0 Å². The fourth-order valence-electron chi connectivity index (χ4n) is 0.897. The number of carbonyl (C=O) groups is 2. The number of carboxylic acid groups (broad SMARTS) is 1. The summed E-state index contributed by atoms with van der Waals surface area (Å²) in [5.41, 5.74) is 0. The number of rotatable bonds is 5. The van der Waals surface area contributed by atoms with Crippen molar-refractivity contribution in [3.63, 3.8) is 0 Å². The molecule has 0 aliphatic carbocycles. The van der Waals surface area contributed by atoms with Crippen molar-refractivity contribution in [2.75, 3.05) is 5.75 Å². The van der Waals surface area contributed by atoms with Gasteiger partial charge in [0.2, 0.25) is 5.91 Å². The second kappa shape index (κ2) is 6.17. The summed E-state index contributed by atoms with van der Waals surface area (Å²) in [6.45, 7) is 1.17. The second-order valence-electron chi connectivity index (χ2n) is 2.86. The molecular weight excluding hydrogens is 226 g/mol. The molecule has 0 aliphatic heterocycles. The van der Waals surface area contributed by atoms with Crippen molar-refractivity contribution in [2.24, 2.45) is 0 Å². The van der Waals surface area contributed by atoms with E-state index in [0.29, 0.717) is 0 Å². The van der Waals surface area contributed by atoms with E-state index in [4.69, 9.17) is 12.0 Å². The molecule has 16 heavy (non-hydrogen) atoms. The number of hydrogen-bond acceptors (Lipinski definition) is 3. The first-order valence-corrected chi connectivity index (χ1v) is 5.35. The van der Waals surface area contributed by atoms with Crippen LogP contribution in [0.5, 0.6) is 0 Å². The molecule has 0 bridgehead atoms. The predicted octanol–water partition coefficient (Wildman–Crippen LogP) is 1.37. The number of benzene rings is 1. The van der Waals surface area contributed by atoms with Gasteiger partial charge < -0.3 is 10.4 Å². The molecule has 0 saturated heterocycles. The van der Waals surface area contributed by atoms with Crippen molar-refractivity contribution in [1.82, 2.24) is 5.32 Å². The van der Waals surface area contributed by atoms with Crippen LogP contribution in [0.1, 0.15) is 13.8 Å². The summed E-state index contributed by atoms with van der Waals surface area (Å²) < 4.78 is 37.9. The van der Waals surface area contributed by atoms with Gasteiger partial charge in [-0.15, -0.1) is 11.8 Å². The molecule has 86 valence electrons. The highest BCUT2D eigenvalue weighted by atomic mass is 32.2. The quantitative estimate of drug-likeness (QED) is 0.768. The van der Waals surface area contributed by atoms with Crippen LogP contribution in [-0.4, -0.2) is 28.8 Å². The number of nitrogens with one attached hydrogen (secondary N) is 1. The molecule has 1 aromatic rings. The number of hydrogen-bond donors (Lipinski definition) is 2. The average molecular weight is 244 g/mol. The Hall–Kier alpha value is -1.49. The first kappa shape index (κ1) is 6.96. The van der Waals surface area contributed by atoms with Gasteiger partial charge in [0.15, 0.2) is 0 Å². The number of amides is 1. The first-order chi connectivity index (χ1) is 9.66. The summed E-state index contributed by atoms with van der Waals surface area (Å²) >= 11 is 0.795. The number of aliphatic carboxylic acids is 1. The lowest BCUT2D eigenvalue weighted by molar-refractivity contribution is -0.140. The minimum Gasteiger partial charge on any atom is -0.480 e. The minimum absolute atomic E-state index is 0.0439. The molecule has 1 amide bonds. The fourth-order valence-corrected chi connectivity index (χ4v) is 1.70. The molecule has 2 N–H and O–H groups in total. The van der Waals surface area contributed by atoms with Crippen molar-refractivity contribution in [3.8, 4) is 0 Å². The zero-order valence-corrected chi connectivity index (χ0v) is 9.27. The van der Waals surface area contributed by atoms with E-state index >= 15 is 0 Å². The molecule has 0 fully saturated rings. The third-order valence-corrected chi connectivity index (χ3v) is 2.54. The van der Waals surface area contributed by atoms with Crippen molar-refractivity contribution < 1.29 is 21.5 Å². The van der Waals surface area contributed by atoms with E-state index in [2.05, 4.69) is 5.32 Å². The Morgan fingerprint density at radius 1 is 1.50 bits per heavy atom. The zero-order chi connectivity index (χ0) is 16.3. The largest absolute Gasteiger partial charge is 0.480 e. The highest BCUT2D eigenvalue weighted by Gasteiger charge is 2.18. The van der Waals surface area contributed by atoms with Crippen molar-refractivity contribution in [2.45, 2.75) is 17.9 Å². The van der Waals surface area contributed by atoms with E-state index in [-0.39, 0.29) is 10.6 Å². The lowest BCUT2D eigenvalue weighted by Crippen LogP contribution is -2.41. The molecule has 1 atom stereocenters. The Morgan fingerprint density at radius 2 is 2.12 bits per heavy atom. The van der Waals surface area contributed by atoms with Crippen LogP contribution in [0.3, 0.4) is 0 Å². The predicted molar refractivity (Wildman–Crippen MR) is 62.4 cm³/mol. The Bertz CT molecular complexity index is 567. The highest BCUT2D eigenvalue weighted by molar-refractivity contribution is 7.99. The number of carboxylic acids is 1.